The van der Waals surface area contributed by atoms with Gasteiger partial charge in [0.2, 0.25) is 0 Å². The van der Waals surface area contributed by atoms with Gasteiger partial charge in [0.25, 0.3) is 5.91 Å². The Morgan fingerprint density at radius 1 is 1.08 bits per heavy atom. The molecule has 0 saturated carbocycles. The number of anilines is 1. The highest BCUT2D eigenvalue weighted by molar-refractivity contribution is 7.80. The van der Waals surface area contributed by atoms with Crippen LogP contribution < -0.4 is 15.4 Å². The monoisotopic (exact) mass is 344 g/mol. The molecule has 0 aliphatic heterocycles. The lowest BCUT2D eigenvalue weighted by Crippen LogP contribution is -2.34. The number of nitrogens with one attached hydrogen (secondary N) is 2. The van der Waals surface area contributed by atoms with Crippen molar-refractivity contribution in [2.24, 2.45) is 0 Å². The third-order valence-electron chi connectivity index (χ3n) is 3.06. The minimum atomic E-state index is -0.253. The molecule has 2 aromatic rings. The third-order valence-corrected chi connectivity index (χ3v) is 3.26. The topological polar surface area (TPSA) is 59.6 Å². The average molecular weight is 344 g/mol. The summed E-state index contributed by atoms with van der Waals surface area (Å²) in [4.78, 5) is 12.0. The van der Waals surface area contributed by atoms with Crippen LogP contribution in [0.1, 0.15) is 17.3 Å². The van der Waals surface area contributed by atoms with Crippen molar-refractivity contribution in [3.8, 4) is 5.75 Å². The van der Waals surface area contributed by atoms with E-state index in [0.29, 0.717) is 31.1 Å². The summed E-state index contributed by atoms with van der Waals surface area (Å²) in [5.41, 5.74) is 1.29. The predicted molar refractivity (Wildman–Crippen MR) is 98.6 cm³/mol. The van der Waals surface area contributed by atoms with Crippen LogP contribution in [0.25, 0.3) is 0 Å². The zero-order chi connectivity index (χ0) is 17.2. The first kappa shape index (κ1) is 17.9. The molecule has 0 radical (unpaired) electrons. The van der Waals surface area contributed by atoms with E-state index in [-0.39, 0.29) is 11.0 Å². The molecular formula is C18H20N2O3S. The number of hydrogen-bond donors (Lipinski definition) is 2. The van der Waals surface area contributed by atoms with Crippen LogP contribution in [-0.2, 0) is 4.74 Å². The van der Waals surface area contributed by atoms with Gasteiger partial charge in [-0.1, -0.05) is 24.3 Å². The molecule has 0 saturated heterocycles. The number of rotatable bonds is 7. The Morgan fingerprint density at radius 2 is 1.88 bits per heavy atom. The van der Waals surface area contributed by atoms with Crippen molar-refractivity contribution in [2.75, 3.05) is 25.1 Å². The van der Waals surface area contributed by atoms with Crippen LogP contribution in [0, 0.1) is 0 Å². The molecule has 126 valence electrons. The molecule has 5 nitrogen and oxygen atoms in total. The second-order valence-electron chi connectivity index (χ2n) is 4.85. The smallest absolute Gasteiger partial charge is 0.257 e. The van der Waals surface area contributed by atoms with E-state index in [4.69, 9.17) is 21.7 Å². The lowest BCUT2D eigenvalue weighted by atomic mass is 10.2. The molecule has 0 spiro atoms. The second-order valence-corrected chi connectivity index (χ2v) is 5.26. The van der Waals surface area contributed by atoms with Gasteiger partial charge in [0.05, 0.1) is 6.61 Å². The maximum atomic E-state index is 12.0. The summed E-state index contributed by atoms with van der Waals surface area (Å²) in [6.07, 6.45) is 0. The summed E-state index contributed by atoms with van der Waals surface area (Å²) in [5.74, 6) is 0.453. The van der Waals surface area contributed by atoms with Gasteiger partial charge in [0, 0.05) is 23.9 Å². The fourth-order valence-electron chi connectivity index (χ4n) is 1.95. The normalized spacial score (nSPS) is 10.0. The minimum Gasteiger partial charge on any atom is -0.491 e. The van der Waals surface area contributed by atoms with Crippen LogP contribution in [0.3, 0.4) is 0 Å². The fourth-order valence-corrected chi connectivity index (χ4v) is 2.16. The maximum absolute atomic E-state index is 12.0. The van der Waals surface area contributed by atoms with Crippen molar-refractivity contribution in [1.82, 2.24) is 5.32 Å². The zero-order valence-corrected chi connectivity index (χ0v) is 14.3. The van der Waals surface area contributed by atoms with E-state index in [1.165, 1.54) is 0 Å². The highest BCUT2D eigenvalue weighted by Crippen LogP contribution is 2.17. The van der Waals surface area contributed by atoms with Gasteiger partial charge in [-0.2, -0.15) is 0 Å². The predicted octanol–water partition coefficient (Wildman–Crippen LogP) is 3.23. The molecule has 2 rings (SSSR count). The van der Waals surface area contributed by atoms with Crippen LogP contribution in [0.15, 0.2) is 54.6 Å². The Morgan fingerprint density at radius 3 is 2.62 bits per heavy atom. The minimum absolute atomic E-state index is 0.232. The molecule has 0 heterocycles. The van der Waals surface area contributed by atoms with Crippen molar-refractivity contribution in [1.29, 1.82) is 0 Å². The molecule has 2 N–H and O–H groups in total. The molecule has 0 aliphatic rings. The summed E-state index contributed by atoms with van der Waals surface area (Å²) in [5, 5.41) is 5.85. The number of carbonyl (C=O) groups excluding carboxylic acids is 1. The third kappa shape index (κ3) is 5.98. The molecule has 0 aliphatic carbocycles. The second kappa shape index (κ2) is 9.64. The van der Waals surface area contributed by atoms with Crippen LogP contribution in [0.2, 0.25) is 0 Å². The largest absolute Gasteiger partial charge is 0.491 e. The molecule has 0 fully saturated rings. The van der Waals surface area contributed by atoms with Crippen molar-refractivity contribution >= 4 is 28.9 Å². The molecule has 6 heteroatoms. The van der Waals surface area contributed by atoms with Crippen LogP contribution in [0.4, 0.5) is 5.69 Å². The van der Waals surface area contributed by atoms with Gasteiger partial charge in [-0.25, -0.2) is 0 Å². The van der Waals surface area contributed by atoms with Gasteiger partial charge in [0.1, 0.15) is 12.4 Å². The summed E-state index contributed by atoms with van der Waals surface area (Å²) < 4.78 is 10.8. The molecule has 1 amide bonds. The Hall–Kier alpha value is -2.44. The van der Waals surface area contributed by atoms with E-state index < -0.39 is 0 Å². The first-order chi connectivity index (χ1) is 11.7. The van der Waals surface area contributed by atoms with Crippen molar-refractivity contribution in [2.45, 2.75) is 6.92 Å². The lowest BCUT2D eigenvalue weighted by molar-refractivity contribution is 0.0977. The molecule has 0 atom stereocenters. The first-order valence-electron chi connectivity index (χ1n) is 7.67. The fraction of sp³-hybridized carbons (Fsp3) is 0.222. The highest BCUT2D eigenvalue weighted by Gasteiger charge is 2.07. The van der Waals surface area contributed by atoms with Gasteiger partial charge in [-0.15, -0.1) is 0 Å². The number of ether oxygens (including phenoxy) is 2. The zero-order valence-electron chi connectivity index (χ0n) is 13.5. The average Bonchev–Trinajstić information content (AvgIpc) is 2.60. The van der Waals surface area contributed by atoms with E-state index >= 15 is 0 Å². The highest BCUT2D eigenvalue weighted by atomic mass is 32.1. The number of amides is 1. The Kier molecular flexibility index (Phi) is 7.20. The van der Waals surface area contributed by atoms with Crippen molar-refractivity contribution in [3.63, 3.8) is 0 Å². The van der Waals surface area contributed by atoms with Crippen LogP contribution in [0.5, 0.6) is 5.75 Å². The van der Waals surface area contributed by atoms with Crippen molar-refractivity contribution < 1.29 is 14.3 Å². The quantitative estimate of drug-likeness (QED) is 0.596. The van der Waals surface area contributed by atoms with Crippen molar-refractivity contribution in [3.05, 3.63) is 60.2 Å². The summed E-state index contributed by atoms with van der Waals surface area (Å²) in [6, 6.07) is 16.3. The number of hydrogen-bond acceptors (Lipinski definition) is 4. The number of thiocarbonyl (C=S) groups is 1. The molecule has 0 aromatic heterocycles. The molecule has 0 bridgehead atoms. The van der Waals surface area contributed by atoms with Gasteiger partial charge < -0.3 is 14.8 Å². The van der Waals surface area contributed by atoms with E-state index in [1.54, 1.807) is 24.3 Å². The summed E-state index contributed by atoms with van der Waals surface area (Å²) in [6.45, 7) is 3.63. The number of carbonyl (C=O) groups is 1. The van der Waals surface area contributed by atoms with Crippen LogP contribution in [-0.4, -0.2) is 30.8 Å². The molecule has 24 heavy (non-hydrogen) atoms. The Labute approximate surface area is 147 Å². The SMILES string of the molecule is CCOCCOc1cccc(NC(=S)NC(=O)c2ccccc2)c1. The Bertz CT molecular complexity index is 677. The summed E-state index contributed by atoms with van der Waals surface area (Å²) >= 11 is 5.17. The molecule has 0 unspecified atom stereocenters. The van der Waals surface area contributed by atoms with E-state index in [0.717, 1.165) is 5.69 Å². The van der Waals surface area contributed by atoms with Gasteiger partial charge in [-0.05, 0) is 43.4 Å². The van der Waals surface area contributed by atoms with E-state index in [1.807, 2.05) is 37.3 Å². The number of benzene rings is 2. The standard InChI is InChI=1S/C18H20N2O3S/c1-2-22-11-12-23-16-10-6-9-15(13-16)19-18(24)20-17(21)14-7-4-3-5-8-14/h3-10,13H,2,11-12H2,1H3,(H2,19,20,21,24). The van der Waals surface area contributed by atoms with Gasteiger partial charge >= 0.3 is 0 Å². The van der Waals surface area contributed by atoms with Crippen LogP contribution >= 0.6 is 12.2 Å². The lowest BCUT2D eigenvalue weighted by Gasteiger charge is -2.11. The van der Waals surface area contributed by atoms with E-state index in [9.17, 15) is 4.79 Å². The van der Waals surface area contributed by atoms with E-state index in [2.05, 4.69) is 10.6 Å². The first-order valence-corrected chi connectivity index (χ1v) is 8.08. The molecular weight excluding hydrogens is 324 g/mol. The summed E-state index contributed by atoms with van der Waals surface area (Å²) in [7, 11) is 0. The maximum Gasteiger partial charge on any atom is 0.257 e. The van der Waals surface area contributed by atoms with Gasteiger partial charge in [-0.3, -0.25) is 10.1 Å². The Balaban J connectivity index is 1.86. The van der Waals surface area contributed by atoms with Gasteiger partial charge in [0.15, 0.2) is 5.11 Å². The molecule has 2 aromatic carbocycles.